The van der Waals surface area contributed by atoms with E-state index in [9.17, 15) is 5.26 Å². The van der Waals surface area contributed by atoms with Crippen molar-refractivity contribution in [1.29, 1.82) is 5.26 Å². The van der Waals surface area contributed by atoms with E-state index in [2.05, 4.69) is 21.3 Å². The van der Waals surface area contributed by atoms with Crippen molar-refractivity contribution in [3.8, 4) is 17.5 Å². The van der Waals surface area contributed by atoms with Gasteiger partial charge in [0.15, 0.2) is 0 Å². The molecule has 0 N–H and O–H groups in total. The van der Waals surface area contributed by atoms with E-state index < -0.39 is 0 Å². The fourth-order valence-corrected chi connectivity index (χ4v) is 3.16. The van der Waals surface area contributed by atoms with E-state index in [1.807, 2.05) is 47.1 Å². The largest absolute Gasteiger partial charge is 0.411 e. The zero-order valence-electron chi connectivity index (χ0n) is 12.5. The van der Waals surface area contributed by atoms with E-state index in [-0.39, 0.29) is 0 Å². The molecule has 24 heavy (non-hydrogen) atoms. The molecule has 0 fully saturated rings. The lowest BCUT2D eigenvalue weighted by Crippen LogP contribution is -1.82. The van der Waals surface area contributed by atoms with Crippen LogP contribution in [0.4, 0.5) is 0 Å². The summed E-state index contributed by atoms with van der Waals surface area (Å²) < 4.78 is 7.60. The van der Waals surface area contributed by atoms with E-state index in [1.54, 1.807) is 12.4 Å². The fourth-order valence-electron chi connectivity index (χ4n) is 2.43. The molecule has 116 valence electrons. The minimum absolute atomic E-state index is 0.438. The Morgan fingerprint density at radius 1 is 1.21 bits per heavy atom. The predicted octanol–water partition coefficient (Wildman–Crippen LogP) is 3.55. The first-order chi connectivity index (χ1) is 11.8. The molecule has 4 heterocycles. The molecule has 0 spiro atoms. The van der Waals surface area contributed by atoms with Gasteiger partial charge in [0.05, 0.1) is 16.6 Å². The first-order valence-corrected chi connectivity index (χ1v) is 8.19. The van der Waals surface area contributed by atoms with Crippen molar-refractivity contribution in [3.63, 3.8) is 0 Å². The lowest BCUT2D eigenvalue weighted by atomic mass is 10.2. The van der Waals surface area contributed by atoms with Gasteiger partial charge in [0.1, 0.15) is 6.07 Å². The normalized spacial score (nSPS) is 10.8. The van der Waals surface area contributed by atoms with Crippen molar-refractivity contribution < 1.29 is 4.42 Å². The van der Waals surface area contributed by atoms with E-state index in [4.69, 9.17) is 4.42 Å². The number of aromatic nitrogens is 4. The third-order valence-electron chi connectivity index (χ3n) is 3.54. The number of rotatable bonds is 4. The fraction of sp³-hybridized carbons (Fsp3) is 0.0588. The van der Waals surface area contributed by atoms with E-state index in [0.29, 0.717) is 22.4 Å². The van der Waals surface area contributed by atoms with Crippen LogP contribution >= 0.6 is 11.8 Å². The second-order valence-electron chi connectivity index (χ2n) is 5.04. The van der Waals surface area contributed by atoms with Gasteiger partial charge in [-0.1, -0.05) is 17.8 Å². The van der Waals surface area contributed by atoms with Crippen LogP contribution in [0.1, 0.15) is 11.1 Å². The predicted molar refractivity (Wildman–Crippen MR) is 89.2 cm³/mol. The minimum Gasteiger partial charge on any atom is -0.411 e. The Hall–Kier alpha value is -3.11. The monoisotopic (exact) mass is 333 g/mol. The summed E-state index contributed by atoms with van der Waals surface area (Å²) in [5.74, 6) is 1.02. The number of hydrogen-bond donors (Lipinski definition) is 0. The summed E-state index contributed by atoms with van der Waals surface area (Å²) in [7, 11) is 0. The highest BCUT2D eigenvalue weighted by Crippen LogP contribution is 2.28. The zero-order chi connectivity index (χ0) is 16.4. The molecule has 0 saturated carbocycles. The van der Waals surface area contributed by atoms with Gasteiger partial charge in [0, 0.05) is 30.5 Å². The Labute approximate surface area is 141 Å². The summed E-state index contributed by atoms with van der Waals surface area (Å²) in [5.41, 5.74) is 3.30. The molecule has 4 rings (SSSR count). The summed E-state index contributed by atoms with van der Waals surface area (Å²) in [6.07, 6.45) is 7.25. The smallest absolute Gasteiger partial charge is 0.277 e. The van der Waals surface area contributed by atoms with E-state index in [0.717, 1.165) is 16.6 Å². The Morgan fingerprint density at radius 2 is 2.17 bits per heavy atom. The summed E-state index contributed by atoms with van der Waals surface area (Å²) in [6, 6.07) is 11.7. The minimum atomic E-state index is 0.438. The molecule has 0 unspecified atom stereocenters. The summed E-state index contributed by atoms with van der Waals surface area (Å²) in [5, 5.41) is 18.0. The molecule has 4 aromatic rings. The average Bonchev–Trinajstić information content (AvgIpc) is 3.24. The van der Waals surface area contributed by atoms with Crippen molar-refractivity contribution in [2.24, 2.45) is 0 Å². The number of thioether (sulfide) groups is 1. The maximum absolute atomic E-state index is 9.42. The number of hydrogen-bond acceptors (Lipinski definition) is 6. The molecule has 0 aliphatic carbocycles. The van der Waals surface area contributed by atoms with Gasteiger partial charge < -0.3 is 8.82 Å². The van der Waals surface area contributed by atoms with E-state index >= 15 is 0 Å². The standard InChI is InChI=1S/C17H11N5OS/c18-8-14-13(10-22-7-2-1-5-15(14)22)11-24-17-21-20-16(23-17)12-4-3-6-19-9-12/h1-7,9-10H,11H2. The average molecular weight is 333 g/mol. The van der Waals surface area contributed by atoms with Crippen LogP contribution in [0.2, 0.25) is 0 Å². The van der Waals surface area contributed by atoms with Crippen LogP contribution in [0.15, 0.2) is 64.8 Å². The number of nitriles is 1. The third-order valence-corrected chi connectivity index (χ3v) is 4.41. The van der Waals surface area contributed by atoms with Crippen LogP contribution in [0.3, 0.4) is 0 Å². The SMILES string of the molecule is N#Cc1c(CSc2nnc(-c3cccnc3)o2)cn2ccccc12. The molecule has 0 aliphatic rings. The molecule has 7 heteroatoms. The molecular weight excluding hydrogens is 322 g/mol. The molecule has 0 radical (unpaired) electrons. The molecule has 0 amide bonds. The molecule has 0 saturated heterocycles. The Bertz CT molecular complexity index is 1030. The summed E-state index contributed by atoms with van der Waals surface area (Å²) in [6.45, 7) is 0. The lowest BCUT2D eigenvalue weighted by Gasteiger charge is -1.95. The summed E-state index contributed by atoms with van der Waals surface area (Å²) in [4.78, 5) is 4.04. The molecule has 0 atom stereocenters. The highest BCUT2D eigenvalue weighted by Gasteiger charge is 2.13. The zero-order valence-corrected chi connectivity index (χ0v) is 13.3. The molecule has 4 aromatic heterocycles. The Balaban J connectivity index is 1.56. The van der Waals surface area contributed by atoms with Crippen molar-refractivity contribution in [2.75, 3.05) is 0 Å². The lowest BCUT2D eigenvalue weighted by molar-refractivity contribution is 0.465. The highest BCUT2D eigenvalue weighted by molar-refractivity contribution is 7.98. The van der Waals surface area contributed by atoms with Crippen molar-refractivity contribution in [2.45, 2.75) is 11.0 Å². The van der Waals surface area contributed by atoms with Crippen LogP contribution in [0, 0.1) is 11.3 Å². The van der Waals surface area contributed by atoms with Gasteiger partial charge in [-0.15, -0.1) is 10.2 Å². The van der Waals surface area contributed by atoms with Gasteiger partial charge in [-0.25, -0.2) is 0 Å². The van der Waals surface area contributed by atoms with Crippen molar-refractivity contribution >= 4 is 17.3 Å². The van der Waals surface area contributed by atoms with Gasteiger partial charge in [-0.3, -0.25) is 4.98 Å². The van der Waals surface area contributed by atoms with Gasteiger partial charge in [-0.2, -0.15) is 5.26 Å². The van der Waals surface area contributed by atoms with Gasteiger partial charge >= 0.3 is 0 Å². The summed E-state index contributed by atoms with van der Waals surface area (Å²) >= 11 is 1.41. The number of nitrogens with zero attached hydrogens (tertiary/aromatic N) is 5. The molecule has 0 bridgehead atoms. The topological polar surface area (TPSA) is 80.0 Å². The number of fused-ring (bicyclic) bond motifs is 1. The first kappa shape index (κ1) is 14.5. The van der Waals surface area contributed by atoms with Gasteiger partial charge in [0.2, 0.25) is 5.89 Å². The van der Waals surface area contributed by atoms with Crippen molar-refractivity contribution in [3.05, 3.63) is 66.2 Å². The van der Waals surface area contributed by atoms with E-state index in [1.165, 1.54) is 11.8 Å². The van der Waals surface area contributed by atoms with Crippen LogP contribution in [0.25, 0.3) is 17.0 Å². The third kappa shape index (κ3) is 2.64. The quantitative estimate of drug-likeness (QED) is 0.531. The van der Waals surface area contributed by atoms with Crippen LogP contribution < -0.4 is 0 Å². The van der Waals surface area contributed by atoms with Crippen LogP contribution in [0.5, 0.6) is 0 Å². The molecule has 6 nitrogen and oxygen atoms in total. The first-order valence-electron chi connectivity index (χ1n) is 7.20. The Morgan fingerprint density at radius 3 is 3.00 bits per heavy atom. The second-order valence-corrected chi connectivity index (χ2v) is 5.96. The maximum Gasteiger partial charge on any atom is 0.277 e. The van der Waals surface area contributed by atoms with Gasteiger partial charge in [0.25, 0.3) is 5.22 Å². The number of pyridine rings is 2. The molecule has 0 aliphatic heterocycles. The van der Waals surface area contributed by atoms with Gasteiger partial charge in [-0.05, 0) is 29.8 Å². The molecular formula is C17H11N5OS. The highest BCUT2D eigenvalue weighted by atomic mass is 32.2. The van der Waals surface area contributed by atoms with Crippen LogP contribution in [-0.2, 0) is 5.75 Å². The molecule has 0 aromatic carbocycles. The Kier molecular flexibility index (Phi) is 3.73. The van der Waals surface area contributed by atoms with Crippen LogP contribution in [-0.4, -0.2) is 19.6 Å². The second kappa shape index (κ2) is 6.18. The maximum atomic E-state index is 9.42. The van der Waals surface area contributed by atoms with Crippen molar-refractivity contribution in [1.82, 2.24) is 19.6 Å².